The lowest BCUT2D eigenvalue weighted by Crippen LogP contribution is -2.47. The smallest absolute Gasteiger partial charge is 0.334 e. The van der Waals surface area contributed by atoms with Gasteiger partial charge in [0.05, 0.1) is 23.4 Å². The molecule has 3 aliphatic rings. The standard InChI is InChI=1S/C21H26O7/c1-9(2)19(23)28-18-14-11(4)20(24)27-17(14)15-13(7-8-21(15,6)25)10(3)16(18)26-12(5)22/h7-9,14-18,25H,4H2,1-3,5-6H3/t14-,15-,16-,17-,18+,21+/m0/s1. The zero-order valence-electron chi connectivity index (χ0n) is 16.7. The van der Waals surface area contributed by atoms with Gasteiger partial charge in [-0.1, -0.05) is 32.6 Å². The third-order valence-electron chi connectivity index (χ3n) is 5.71. The molecule has 0 saturated carbocycles. The summed E-state index contributed by atoms with van der Waals surface area (Å²) in [7, 11) is 0. The lowest BCUT2D eigenvalue weighted by atomic mass is 9.78. The Labute approximate surface area is 164 Å². The van der Waals surface area contributed by atoms with Crippen LogP contribution in [0.2, 0.25) is 0 Å². The average molecular weight is 390 g/mol. The minimum atomic E-state index is -1.28. The minimum absolute atomic E-state index is 0.139. The summed E-state index contributed by atoms with van der Waals surface area (Å²) in [5.74, 6) is -3.38. The Morgan fingerprint density at radius 1 is 1.32 bits per heavy atom. The lowest BCUT2D eigenvalue weighted by Gasteiger charge is -2.34. The van der Waals surface area contributed by atoms with Gasteiger partial charge in [-0.2, -0.15) is 0 Å². The molecule has 7 nitrogen and oxygen atoms in total. The first kappa shape index (κ1) is 20.3. The van der Waals surface area contributed by atoms with Crippen molar-refractivity contribution >= 4 is 17.9 Å². The van der Waals surface area contributed by atoms with E-state index in [1.165, 1.54) is 6.92 Å². The highest BCUT2D eigenvalue weighted by Crippen LogP contribution is 2.50. The van der Waals surface area contributed by atoms with Crippen molar-refractivity contribution < 1.29 is 33.7 Å². The Morgan fingerprint density at radius 3 is 2.54 bits per heavy atom. The van der Waals surface area contributed by atoms with Crippen LogP contribution < -0.4 is 0 Å². The topological polar surface area (TPSA) is 99.1 Å². The molecule has 1 saturated heterocycles. The van der Waals surface area contributed by atoms with Crippen LogP contribution in [-0.2, 0) is 28.6 Å². The van der Waals surface area contributed by atoms with Crippen LogP contribution in [0, 0.1) is 17.8 Å². The summed E-state index contributed by atoms with van der Waals surface area (Å²) in [4.78, 5) is 36.6. The number of carbonyl (C=O) groups is 3. The summed E-state index contributed by atoms with van der Waals surface area (Å²) in [6, 6.07) is 0. The summed E-state index contributed by atoms with van der Waals surface area (Å²) >= 11 is 0. The van der Waals surface area contributed by atoms with Crippen LogP contribution in [0.3, 0.4) is 0 Å². The van der Waals surface area contributed by atoms with Crippen LogP contribution in [0.25, 0.3) is 0 Å². The Morgan fingerprint density at radius 2 is 1.96 bits per heavy atom. The van der Waals surface area contributed by atoms with E-state index in [2.05, 4.69) is 6.58 Å². The maximum atomic E-state index is 12.4. The molecule has 1 heterocycles. The minimum Gasteiger partial charge on any atom is -0.457 e. The molecule has 0 aromatic rings. The van der Waals surface area contributed by atoms with E-state index in [0.717, 1.165) is 0 Å². The van der Waals surface area contributed by atoms with Crippen molar-refractivity contribution in [3.63, 3.8) is 0 Å². The third kappa shape index (κ3) is 3.17. The Balaban J connectivity index is 2.18. The normalized spacial score (nSPS) is 36.8. The molecule has 0 unspecified atom stereocenters. The van der Waals surface area contributed by atoms with Crippen molar-refractivity contribution in [1.29, 1.82) is 0 Å². The van der Waals surface area contributed by atoms with Crippen LogP contribution in [0.15, 0.2) is 35.5 Å². The van der Waals surface area contributed by atoms with E-state index in [1.807, 2.05) is 0 Å². The van der Waals surface area contributed by atoms with Crippen LogP contribution >= 0.6 is 0 Å². The number of hydrogen-bond donors (Lipinski definition) is 1. The van der Waals surface area contributed by atoms with E-state index in [-0.39, 0.29) is 5.57 Å². The highest BCUT2D eigenvalue weighted by Gasteiger charge is 2.59. The molecule has 3 rings (SSSR count). The van der Waals surface area contributed by atoms with Crippen LogP contribution in [0.4, 0.5) is 0 Å². The predicted octanol–water partition coefficient (Wildman–Crippen LogP) is 1.85. The lowest BCUT2D eigenvalue weighted by molar-refractivity contribution is -0.172. The number of hydrogen-bond acceptors (Lipinski definition) is 7. The fraction of sp³-hybridized carbons (Fsp3) is 0.571. The number of carbonyl (C=O) groups excluding carboxylic acids is 3. The molecule has 1 fully saturated rings. The van der Waals surface area contributed by atoms with Crippen molar-refractivity contribution in [1.82, 2.24) is 0 Å². The Bertz CT molecular complexity index is 802. The molecule has 152 valence electrons. The Hall–Kier alpha value is -2.41. The summed E-state index contributed by atoms with van der Waals surface area (Å²) < 4.78 is 16.9. The van der Waals surface area contributed by atoms with E-state index in [4.69, 9.17) is 14.2 Å². The highest BCUT2D eigenvalue weighted by molar-refractivity contribution is 5.91. The van der Waals surface area contributed by atoms with Crippen molar-refractivity contribution in [3.8, 4) is 0 Å². The summed E-state index contributed by atoms with van der Waals surface area (Å²) in [5, 5.41) is 10.9. The fourth-order valence-electron chi connectivity index (χ4n) is 4.27. The van der Waals surface area contributed by atoms with Crippen molar-refractivity contribution in [2.24, 2.45) is 17.8 Å². The largest absolute Gasteiger partial charge is 0.457 e. The quantitative estimate of drug-likeness (QED) is 0.446. The Kier molecular flexibility index (Phi) is 5.00. The second-order valence-corrected chi connectivity index (χ2v) is 8.18. The fourth-order valence-corrected chi connectivity index (χ4v) is 4.27. The van der Waals surface area contributed by atoms with Gasteiger partial charge in [0.15, 0.2) is 12.2 Å². The number of aliphatic hydroxyl groups is 1. The molecule has 1 aliphatic heterocycles. The van der Waals surface area contributed by atoms with Gasteiger partial charge >= 0.3 is 17.9 Å². The number of rotatable bonds is 3. The molecule has 2 aliphatic carbocycles. The van der Waals surface area contributed by atoms with E-state index in [9.17, 15) is 19.5 Å². The van der Waals surface area contributed by atoms with Gasteiger partial charge in [0.1, 0.15) is 6.10 Å². The van der Waals surface area contributed by atoms with Gasteiger partial charge in [-0.15, -0.1) is 0 Å². The molecule has 0 radical (unpaired) electrons. The monoisotopic (exact) mass is 390 g/mol. The van der Waals surface area contributed by atoms with E-state index in [1.54, 1.807) is 39.8 Å². The summed E-state index contributed by atoms with van der Waals surface area (Å²) in [6.45, 7) is 11.9. The van der Waals surface area contributed by atoms with Gasteiger partial charge in [0.2, 0.25) is 0 Å². The number of esters is 3. The summed E-state index contributed by atoms with van der Waals surface area (Å²) in [5.41, 5.74) is 0.216. The van der Waals surface area contributed by atoms with Gasteiger partial charge < -0.3 is 19.3 Å². The number of ether oxygens (including phenoxy) is 3. The van der Waals surface area contributed by atoms with Crippen LogP contribution in [0.5, 0.6) is 0 Å². The summed E-state index contributed by atoms with van der Waals surface area (Å²) in [6.07, 6.45) is 0.686. The molecule has 7 heteroatoms. The number of allylic oxidation sites excluding steroid dienone is 1. The average Bonchev–Trinajstić information content (AvgIpc) is 3.02. The SMILES string of the molecule is C=C1C(=O)O[C@H]2[C@H]1[C@@H](OC(=O)C(C)C)[C@@H](OC(C)=O)C(C)=C1C=C[C@@](C)(O)[C@@H]12. The zero-order chi connectivity index (χ0) is 21.0. The van der Waals surface area contributed by atoms with Crippen LogP contribution in [0.1, 0.15) is 34.6 Å². The molecule has 6 atom stereocenters. The maximum absolute atomic E-state index is 12.4. The van der Waals surface area contributed by atoms with Crippen LogP contribution in [-0.4, -0.2) is 46.9 Å². The first-order valence-corrected chi connectivity index (χ1v) is 9.35. The molecular formula is C21H26O7. The van der Waals surface area contributed by atoms with Gasteiger partial charge in [-0.3, -0.25) is 9.59 Å². The highest BCUT2D eigenvalue weighted by atomic mass is 16.6. The predicted molar refractivity (Wildman–Crippen MR) is 98.7 cm³/mol. The molecule has 0 aromatic heterocycles. The molecule has 0 aromatic carbocycles. The van der Waals surface area contributed by atoms with Crippen molar-refractivity contribution in [3.05, 3.63) is 35.5 Å². The molecule has 28 heavy (non-hydrogen) atoms. The van der Waals surface area contributed by atoms with Crippen molar-refractivity contribution in [2.75, 3.05) is 0 Å². The zero-order valence-corrected chi connectivity index (χ0v) is 16.7. The first-order valence-electron chi connectivity index (χ1n) is 9.35. The molecule has 0 spiro atoms. The van der Waals surface area contributed by atoms with Gasteiger partial charge in [0, 0.05) is 12.5 Å². The second-order valence-electron chi connectivity index (χ2n) is 8.18. The molecule has 0 amide bonds. The first-order chi connectivity index (χ1) is 13.0. The second kappa shape index (κ2) is 6.88. The molecule has 0 bridgehead atoms. The van der Waals surface area contributed by atoms with Crippen molar-refractivity contribution in [2.45, 2.75) is 58.5 Å². The number of fused-ring (bicyclic) bond motifs is 3. The van der Waals surface area contributed by atoms with Gasteiger partial charge in [0.25, 0.3) is 0 Å². The third-order valence-corrected chi connectivity index (χ3v) is 5.71. The van der Waals surface area contributed by atoms with Gasteiger partial charge in [-0.05, 0) is 25.0 Å². The van der Waals surface area contributed by atoms with Gasteiger partial charge in [-0.25, -0.2) is 4.79 Å². The molecular weight excluding hydrogens is 364 g/mol. The van der Waals surface area contributed by atoms with E-state index in [0.29, 0.717) is 11.1 Å². The molecule has 1 N–H and O–H groups in total. The van der Waals surface area contributed by atoms with E-state index < -0.39 is 59.6 Å². The van der Waals surface area contributed by atoms with E-state index >= 15 is 0 Å². The maximum Gasteiger partial charge on any atom is 0.334 e.